The van der Waals surface area contributed by atoms with E-state index in [4.69, 9.17) is 0 Å². The van der Waals surface area contributed by atoms with Crippen molar-refractivity contribution in [2.24, 2.45) is 0 Å². The Labute approximate surface area is 92.7 Å². The minimum atomic E-state index is 0.457. The van der Waals surface area contributed by atoms with E-state index in [2.05, 4.69) is 6.92 Å². The molecule has 0 aliphatic heterocycles. The summed E-state index contributed by atoms with van der Waals surface area (Å²) in [5, 5.41) is 10.8. The first-order chi connectivity index (χ1) is 6.84. The number of hydrogen-bond acceptors (Lipinski definition) is 1. The third-order valence-electron chi connectivity index (χ3n) is 2.12. The normalized spacial score (nSPS) is 10.4. The summed E-state index contributed by atoms with van der Waals surface area (Å²) in [4.78, 5) is 0. The van der Waals surface area contributed by atoms with Crippen LogP contribution in [0.4, 0.5) is 0 Å². The van der Waals surface area contributed by atoms with E-state index in [1.54, 1.807) is 6.07 Å². The molecule has 0 aromatic heterocycles. The number of aromatic hydroxyl groups is 1. The summed E-state index contributed by atoms with van der Waals surface area (Å²) < 4.78 is 1.15. The number of phenols is 1. The zero-order valence-electron chi connectivity index (χ0n) is 8.70. The van der Waals surface area contributed by atoms with Gasteiger partial charge in [-0.25, -0.2) is 0 Å². The van der Waals surface area contributed by atoms with Gasteiger partial charge in [-0.3, -0.25) is 0 Å². The van der Waals surface area contributed by atoms with Crippen LogP contribution in [0.1, 0.15) is 32.6 Å². The molecule has 0 aliphatic rings. The molecule has 1 rings (SSSR count). The van der Waals surface area contributed by atoms with Crippen molar-refractivity contribution in [1.82, 2.24) is 0 Å². The Morgan fingerprint density at radius 2 is 1.93 bits per heavy atom. The van der Waals surface area contributed by atoms with Gasteiger partial charge in [0.2, 0.25) is 0 Å². The van der Waals surface area contributed by atoms with E-state index in [0.29, 0.717) is 20.7 Å². The molecule has 0 radical (unpaired) electrons. The van der Waals surface area contributed by atoms with Crippen molar-refractivity contribution in [3.8, 4) is 5.75 Å². The fourth-order valence-electron chi connectivity index (χ4n) is 1.29. The maximum atomic E-state index is 9.53. The van der Waals surface area contributed by atoms with Gasteiger partial charge in [-0.15, -0.1) is 0 Å². The van der Waals surface area contributed by atoms with Gasteiger partial charge in [-0.2, -0.15) is 0 Å². The van der Waals surface area contributed by atoms with Crippen LogP contribution in [0, 0.1) is 0 Å². The van der Waals surface area contributed by atoms with Crippen molar-refractivity contribution in [1.29, 1.82) is 0 Å². The quantitative estimate of drug-likeness (QED) is 0.613. The van der Waals surface area contributed by atoms with E-state index >= 15 is 0 Å². The van der Waals surface area contributed by atoms with Crippen molar-refractivity contribution in [3.05, 3.63) is 24.3 Å². The molecule has 0 unspecified atom stereocenters. The minimum absolute atomic E-state index is 0.457. The van der Waals surface area contributed by atoms with Crippen molar-refractivity contribution >= 4 is 19.4 Å². The van der Waals surface area contributed by atoms with E-state index in [1.807, 2.05) is 18.2 Å². The van der Waals surface area contributed by atoms with Crippen LogP contribution in [0.15, 0.2) is 24.3 Å². The van der Waals surface area contributed by atoms with E-state index < -0.39 is 0 Å². The molecule has 0 fully saturated rings. The Kier molecular flexibility index (Phi) is 5.74. The fraction of sp³-hybridized carbons (Fsp3) is 0.500. The summed E-state index contributed by atoms with van der Waals surface area (Å²) in [5.41, 5.74) is 0. The van der Waals surface area contributed by atoms with Gasteiger partial charge in [0.1, 0.15) is 0 Å². The molecule has 0 heterocycles. The Hall–Kier alpha value is -0.461. The number of unbranched alkanes of at least 4 members (excludes halogenated alkanes) is 3. The number of hydrogen-bond donors (Lipinski definition) is 1. The second kappa shape index (κ2) is 6.91. The van der Waals surface area contributed by atoms with Crippen LogP contribution in [0.2, 0.25) is 5.32 Å². The molecule has 1 aromatic rings. The Balaban J connectivity index is 2.21. The van der Waals surface area contributed by atoms with Crippen LogP contribution in [0.3, 0.4) is 0 Å². The van der Waals surface area contributed by atoms with E-state index in [1.165, 1.54) is 31.0 Å². The molecule has 0 spiro atoms. The zero-order chi connectivity index (χ0) is 10.2. The van der Waals surface area contributed by atoms with Crippen LogP contribution in [-0.4, -0.2) is 20.1 Å². The van der Waals surface area contributed by atoms with Crippen molar-refractivity contribution in [2.75, 3.05) is 0 Å². The molecule has 0 saturated carbocycles. The summed E-state index contributed by atoms with van der Waals surface area (Å²) in [6, 6.07) is 7.70. The molecule has 1 nitrogen and oxygen atoms in total. The molecule has 2 heteroatoms. The SMILES string of the molecule is CCCCCC[Se]c1ccccc1O. The molecule has 0 aliphatic carbocycles. The van der Waals surface area contributed by atoms with E-state index in [0.717, 1.165) is 4.46 Å². The first-order valence-corrected chi connectivity index (χ1v) is 7.32. The third-order valence-corrected chi connectivity index (χ3v) is 4.53. The first kappa shape index (κ1) is 11.6. The van der Waals surface area contributed by atoms with Crippen molar-refractivity contribution in [2.45, 2.75) is 37.9 Å². The summed E-state index contributed by atoms with van der Waals surface area (Å²) in [5.74, 6) is 0.475. The molecule has 0 atom stereocenters. The van der Waals surface area contributed by atoms with Gasteiger partial charge in [-0.1, -0.05) is 0 Å². The second-order valence-corrected chi connectivity index (χ2v) is 5.76. The molecule has 78 valence electrons. The van der Waals surface area contributed by atoms with Gasteiger partial charge < -0.3 is 0 Å². The average Bonchev–Trinajstić information content (AvgIpc) is 2.20. The van der Waals surface area contributed by atoms with E-state index in [-0.39, 0.29) is 0 Å². The fourth-order valence-corrected chi connectivity index (χ4v) is 3.30. The summed E-state index contributed by atoms with van der Waals surface area (Å²) in [6.07, 6.45) is 5.29. The molecule has 0 saturated heterocycles. The number of benzene rings is 1. The molecule has 0 amide bonds. The predicted molar refractivity (Wildman–Crippen MR) is 62.4 cm³/mol. The second-order valence-electron chi connectivity index (χ2n) is 3.38. The van der Waals surface area contributed by atoms with Crippen LogP contribution in [-0.2, 0) is 0 Å². The Bertz CT molecular complexity index is 260. The van der Waals surface area contributed by atoms with Crippen LogP contribution in [0.25, 0.3) is 0 Å². The topological polar surface area (TPSA) is 20.2 Å². The molecular weight excluding hydrogens is 239 g/mol. The third kappa shape index (κ3) is 4.17. The maximum absolute atomic E-state index is 9.53. The van der Waals surface area contributed by atoms with Gasteiger partial charge in [-0.05, 0) is 0 Å². The first-order valence-electron chi connectivity index (χ1n) is 5.25. The van der Waals surface area contributed by atoms with Crippen LogP contribution in [0.5, 0.6) is 5.75 Å². The van der Waals surface area contributed by atoms with Crippen LogP contribution >= 0.6 is 0 Å². The van der Waals surface area contributed by atoms with Gasteiger partial charge in [0.25, 0.3) is 0 Å². The zero-order valence-corrected chi connectivity index (χ0v) is 10.4. The standard InChI is InChI=1S/C12H18OSe/c1-2-3-4-7-10-14-12-9-6-5-8-11(12)13/h5-6,8-9,13H,2-4,7,10H2,1H3. The van der Waals surface area contributed by atoms with Crippen molar-refractivity contribution < 1.29 is 5.11 Å². The molecule has 14 heavy (non-hydrogen) atoms. The van der Waals surface area contributed by atoms with Gasteiger partial charge in [0.15, 0.2) is 0 Å². The molecule has 0 bridgehead atoms. The van der Waals surface area contributed by atoms with E-state index in [9.17, 15) is 5.11 Å². The summed E-state index contributed by atoms with van der Waals surface area (Å²) in [6.45, 7) is 2.23. The number of rotatable bonds is 6. The van der Waals surface area contributed by atoms with Gasteiger partial charge in [0.05, 0.1) is 0 Å². The number of para-hydroxylation sites is 1. The van der Waals surface area contributed by atoms with Gasteiger partial charge in [0, 0.05) is 0 Å². The average molecular weight is 257 g/mol. The summed E-state index contributed by atoms with van der Waals surface area (Å²) >= 11 is 0.457. The van der Waals surface area contributed by atoms with Crippen LogP contribution < -0.4 is 4.46 Å². The monoisotopic (exact) mass is 258 g/mol. The predicted octanol–water partition coefficient (Wildman–Crippen LogP) is 2.72. The Morgan fingerprint density at radius 3 is 2.64 bits per heavy atom. The molecule has 1 aromatic carbocycles. The number of phenolic OH excluding ortho intramolecular Hbond substituents is 1. The molecule has 1 N–H and O–H groups in total. The summed E-state index contributed by atoms with van der Waals surface area (Å²) in [7, 11) is 0. The Morgan fingerprint density at radius 1 is 1.14 bits per heavy atom. The molecular formula is C12H18OSe. The van der Waals surface area contributed by atoms with Gasteiger partial charge >= 0.3 is 92.5 Å². The van der Waals surface area contributed by atoms with Crippen molar-refractivity contribution in [3.63, 3.8) is 0 Å².